The van der Waals surface area contributed by atoms with Crippen molar-refractivity contribution in [1.29, 1.82) is 0 Å². The monoisotopic (exact) mass is 703 g/mol. The Hall–Kier alpha value is -3.58. The minimum Gasteiger partial charge on any atom is -0.493 e. The van der Waals surface area contributed by atoms with Crippen molar-refractivity contribution in [1.82, 2.24) is 13.9 Å². The number of fused-ring (bicyclic) bond motifs is 1. The lowest BCUT2D eigenvalue weighted by Crippen LogP contribution is -2.19. The molecule has 0 radical (unpaired) electrons. The van der Waals surface area contributed by atoms with Gasteiger partial charge in [-0.15, -0.1) is 0 Å². The number of benzene rings is 1. The molecule has 2 aliphatic carbocycles. The summed E-state index contributed by atoms with van der Waals surface area (Å²) in [6, 6.07) is 5.44. The van der Waals surface area contributed by atoms with Crippen LogP contribution in [0.25, 0.3) is 11.0 Å². The fourth-order valence-corrected chi connectivity index (χ4v) is 9.38. The Morgan fingerprint density at radius 3 is 2.35 bits per heavy atom. The van der Waals surface area contributed by atoms with E-state index in [1.165, 1.54) is 62.6 Å². The predicted molar refractivity (Wildman–Crippen MR) is 182 cm³/mol. The molecule has 1 atom stereocenters. The number of methoxy groups -OCH3 is 2. The molecule has 2 aromatic heterocycles. The standard InChI is InChI=1S/C35H43F2N3O6S2/c1-44-32-21-22-38-30(33(32)45-2)24-47(41)35-39-29-20-18-27(46-34(36)37)23-31(29)40(35)48(42,43)28-16-10-8-6-4-3-5-7-9-13-25-14-11-12-15-26(25)17-19-28/h16-23,34H,3-15,24H2,1-2H3. The van der Waals surface area contributed by atoms with Crippen LogP contribution in [0, 0.1) is 0 Å². The molecule has 0 saturated carbocycles. The fourth-order valence-electron chi connectivity index (χ4n) is 6.34. The number of nitrogens with zero attached hydrogens (tertiary/aromatic N) is 3. The van der Waals surface area contributed by atoms with E-state index in [-0.39, 0.29) is 44.0 Å². The quantitative estimate of drug-likeness (QED) is 0.219. The molecule has 0 N–H and O–H groups in total. The summed E-state index contributed by atoms with van der Waals surface area (Å²) in [5.41, 5.74) is 2.96. The molecule has 13 heteroatoms. The van der Waals surface area contributed by atoms with Crippen LogP contribution in [-0.2, 0) is 26.6 Å². The Bertz CT molecular complexity index is 1820. The topological polar surface area (TPSA) is 110 Å². The number of imidazole rings is 1. The van der Waals surface area contributed by atoms with Crippen molar-refractivity contribution in [2.75, 3.05) is 14.2 Å². The molecule has 0 spiro atoms. The van der Waals surface area contributed by atoms with Gasteiger partial charge in [0.1, 0.15) is 5.75 Å². The van der Waals surface area contributed by atoms with Crippen molar-refractivity contribution >= 4 is 31.9 Å². The second-order valence-corrected chi connectivity index (χ2v) is 15.1. The predicted octanol–water partition coefficient (Wildman–Crippen LogP) is 8.37. The molecular formula is C35H43F2N3O6S2. The van der Waals surface area contributed by atoms with Gasteiger partial charge in [0.2, 0.25) is 5.16 Å². The molecule has 2 aliphatic rings. The maximum absolute atomic E-state index is 14.8. The summed E-state index contributed by atoms with van der Waals surface area (Å²) in [6.07, 6.45) is 19.9. The lowest BCUT2D eigenvalue weighted by molar-refractivity contribution is -0.0497. The lowest BCUT2D eigenvalue weighted by Gasteiger charge is -2.19. The van der Waals surface area contributed by atoms with Gasteiger partial charge >= 0.3 is 6.61 Å². The van der Waals surface area contributed by atoms with Crippen LogP contribution >= 0.6 is 0 Å². The molecule has 0 bridgehead atoms. The smallest absolute Gasteiger partial charge is 0.387 e. The van der Waals surface area contributed by atoms with Crippen molar-refractivity contribution in [3.05, 3.63) is 70.4 Å². The molecule has 2 heterocycles. The highest BCUT2D eigenvalue weighted by molar-refractivity contribution is 7.94. The third-order valence-corrected chi connectivity index (χ3v) is 11.8. The van der Waals surface area contributed by atoms with Crippen LogP contribution in [-0.4, -0.2) is 47.4 Å². The molecule has 9 nitrogen and oxygen atoms in total. The molecule has 3 aromatic rings. The average Bonchev–Trinajstić information content (AvgIpc) is 3.46. The van der Waals surface area contributed by atoms with Crippen LogP contribution < -0.4 is 14.2 Å². The van der Waals surface area contributed by atoms with E-state index in [4.69, 9.17) is 9.47 Å². The summed E-state index contributed by atoms with van der Waals surface area (Å²) in [6.45, 7) is -3.12. The van der Waals surface area contributed by atoms with Gasteiger partial charge in [-0.05, 0) is 75.1 Å². The summed E-state index contributed by atoms with van der Waals surface area (Å²) < 4.78 is 86.4. The first-order valence-corrected chi connectivity index (χ1v) is 19.2. The molecule has 260 valence electrons. The van der Waals surface area contributed by atoms with E-state index in [2.05, 4.69) is 14.7 Å². The van der Waals surface area contributed by atoms with Gasteiger partial charge in [0, 0.05) is 18.3 Å². The van der Waals surface area contributed by atoms with E-state index in [1.807, 2.05) is 6.08 Å². The first kappa shape index (κ1) is 35.7. The minimum atomic E-state index is -4.44. The van der Waals surface area contributed by atoms with E-state index < -0.39 is 27.4 Å². The van der Waals surface area contributed by atoms with Crippen LogP contribution in [0.5, 0.6) is 17.2 Å². The number of aromatic nitrogens is 3. The number of halogens is 2. The highest BCUT2D eigenvalue weighted by Crippen LogP contribution is 2.34. The van der Waals surface area contributed by atoms with E-state index >= 15 is 0 Å². The number of rotatable bonds is 9. The Morgan fingerprint density at radius 1 is 0.917 bits per heavy atom. The normalized spacial score (nSPS) is 17.7. The van der Waals surface area contributed by atoms with Crippen LogP contribution in [0.4, 0.5) is 8.78 Å². The van der Waals surface area contributed by atoms with Gasteiger partial charge in [0.25, 0.3) is 10.0 Å². The van der Waals surface area contributed by atoms with E-state index in [0.29, 0.717) is 12.2 Å². The van der Waals surface area contributed by atoms with Crippen LogP contribution in [0.15, 0.2) is 69.9 Å². The van der Waals surface area contributed by atoms with Crippen molar-refractivity contribution < 1.29 is 35.6 Å². The van der Waals surface area contributed by atoms with E-state index in [0.717, 1.165) is 68.2 Å². The van der Waals surface area contributed by atoms with Gasteiger partial charge in [0.15, 0.2) is 11.5 Å². The lowest BCUT2D eigenvalue weighted by atomic mass is 9.88. The average molecular weight is 704 g/mol. The first-order valence-electron chi connectivity index (χ1n) is 16.5. The second kappa shape index (κ2) is 16.7. The zero-order valence-corrected chi connectivity index (χ0v) is 29.1. The molecule has 48 heavy (non-hydrogen) atoms. The van der Waals surface area contributed by atoms with Crippen molar-refractivity contribution in [2.45, 2.75) is 101 Å². The molecule has 0 fully saturated rings. The number of ether oxygens (including phenoxy) is 3. The van der Waals surface area contributed by atoms with E-state index in [1.54, 1.807) is 18.2 Å². The fraction of sp³-hybridized carbons (Fsp3) is 0.486. The van der Waals surface area contributed by atoms with Crippen LogP contribution in [0.2, 0.25) is 0 Å². The third-order valence-electron chi connectivity index (χ3n) is 8.76. The Labute approximate surface area is 283 Å². The highest BCUT2D eigenvalue weighted by atomic mass is 32.2. The molecule has 1 unspecified atom stereocenters. The van der Waals surface area contributed by atoms with Crippen molar-refractivity contribution in [3.63, 3.8) is 0 Å². The van der Waals surface area contributed by atoms with Gasteiger partial charge < -0.3 is 14.2 Å². The van der Waals surface area contributed by atoms with Gasteiger partial charge in [-0.3, -0.25) is 9.19 Å². The Balaban J connectivity index is 1.64. The van der Waals surface area contributed by atoms with Crippen molar-refractivity contribution in [3.8, 4) is 17.2 Å². The summed E-state index contributed by atoms with van der Waals surface area (Å²) in [7, 11) is -3.63. The van der Waals surface area contributed by atoms with Gasteiger partial charge in [-0.25, -0.2) is 17.4 Å². The zero-order chi connectivity index (χ0) is 34.1. The maximum Gasteiger partial charge on any atom is 0.387 e. The molecule has 1 aromatic carbocycles. The third kappa shape index (κ3) is 8.52. The Kier molecular flexibility index (Phi) is 12.4. The highest BCUT2D eigenvalue weighted by Gasteiger charge is 2.30. The summed E-state index contributed by atoms with van der Waals surface area (Å²) in [4.78, 5) is 8.81. The molecule has 0 saturated heterocycles. The number of allylic oxidation sites excluding steroid dienone is 5. The summed E-state index contributed by atoms with van der Waals surface area (Å²) in [5.74, 6) is 0.142. The number of pyridine rings is 1. The molecule has 0 amide bonds. The summed E-state index contributed by atoms with van der Waals surface area (Å²) >= 11 is 0. The van der Waals surface area contributed by atoms with E-state index in [9.17, 15) is 21.4 Å². The number of hydrogen-bond acceptors (Lipinski definition) is 8. The first-order chi connectivity index (χ1) is 23.2. The number of hydrogen-bond donors (Lipinski definition) is 0. The van der Waals surface area contributed by atoms with Gasteiger partial charge in [-0.1, -0.05) is 49.8 Å². The van der Waals surface area contributed by atoms with Gasteiger partial charge in [-0.2, -0.15) is 8.78 Å². The SMILES string of the molecule is COc1ccnc(CS(=O)c2nc3ccc(OC(F)F)cc3n2S(=O)(=O)C2=CCCCCCCCCCC3=C(C=C2)CCCC3)c1OC. The Morgan fingerprint density at radius 2 is 1.62 bits per heavy atom. The number of alkyl halides is 2. The van der Waals surface area contributed by atoms with Crippen LogP contribution in [0.1, 0.15) is 89.2 Å². The second-order valence-electron chi connectivity index (χ2n) is 12.0. The van der Waals surface area contributed by atoms with Crippen molar-refractivity contribution in [2.24, 2.45) is 0 Å². The molecular weight excluding hydrogens is 661 g/mol. The largest absolute Gasteiger partial charge is 0.493 e. The molecule has 0 aliphatic heterocycles. The minimum absolute atomic E-state index is 0.0233. The maximum atomic E-state index is 14.8. The summed E-state index contributed by atoms with van der Waals surface area (Å²) in [5, 5.41) is -0.270. The zero-order valence-electron chi connectivity index (χ0n) is 27.5. The molecule has 5 rings (SSSR count). The van der Waals surface area contributed by atoms with Crippen LogP contribution in [0.3, 0.4) is 0 Å². The van der Waals surface area contributed by atoms with Gasteiger partial charge in [0.05, 0.1) is 52.4 Å².